The number of carbonyl (C=O) groups excluding carboxylic acids is 2. The molecule has 0 bridgehead atoms. The van der Waals surface area contributed by atoms with Gasteiger partial charge in [-0.3, -0.25) is 9.59 Å². The molecule has 2 aromatic carbocycles. The highest BCUT2D eigenvalue weighted by Gasteiger charge is 2.44. The van der Waals surface area contributed by atoms with Gasteiger partial charge in [0.05, 0.1) is 18.2 Å². The highest BCUT2D eigenvalue weighted by atomic mass is 16.6. The van der Waals surface area contributed by atoms with Crippen molar-refractivity contribution in [3.05, 3.63) is 59.2 Å². The SMILES string of the molecule is CCCOc1cccc(C2/C(=C(\O)c3ccc4c(c3)OCCO4)C(=O)C(=O)N2C)c1. The van der Waals surface area contributed by atoms with E-state index in [4.69, 9.17) is 14.2 Å². The van der Waals surface area contributed by atoms with Crippen LogP contribution >= 0.6 is 0 Å². The Kier molecular flexibility index (Phi) is 5.35. The van der Waals surface area contributed by atoms with Gasteiger partial charge in [-0.2, -0.15) is 0 Å². The molecule has 0 radical (unpaired) electrons. The number of fused-ring (bicyclic) bond motifs is 1. The Morgan fingerprint density at radius 1 is 1.13 bits per heavy atom. The average molecular weight is 409 g/mol. The van der Waals surface area contributed by atoms with Gasteiger partial charge in [-0.25, -0.2) is 0 Å². The van der Waals surface area contributed by atoms with Crippen LogP contribution in [0, 0.1) is 0 Å². The smallest absolute Gasteiger partial charge is 0.295 e. The van der Waals surface area contributed by atoms with E-state index in [9.17, 15) is 14.7 Å². The van der Waals surface area contributed by atoms with E-state index in [0.717, 1.165) is 6.42 Å². The number of Topliss-reactive ketones (excluding diaryl/α,β-unsaturated/α-hetero) is 1. The fourth-order valence-electron chi connectivity index (χ4n) is 3.68. The minimum atomic E-state index is -0.727. The molecule has 7 heteroatoms. The Hall–Kier alpha value is -3.48. The number of nitrogens with zero attached hydrogens (tertiary/aromatic N) is 1. The van der Waals surface area contributed by atoms with Crippen molar-refractivity contribution in [2.24, 2.45) is 0 Å². The maximum absolute atomic E-state index is 12.8. The number of ether oxygens (including phenoxy) is 3. The lowest BCUT2D eigenvalue weighted by Crippen LogP contribution is -2.24. The van der Waals surface area contributed by atoms with Crippen molar-refractivity contribution < 1.29 is 28.9 Å². The number of likely N-dealkylation sites (N-methyl/N-ethyl adjacent to an activating group) is 1. The summed E-state index contributed by atoms with van der Waals surface area (Å²) < 4.78 is 16.8. The molecule has 1 saturated heterocycles. The van der Waals surface area contributed by atoms with Crippen LogP contribution in [0.4, 0.5) is 0 Å². The number of aliphatic hydroxyl groups excluding tert-OH is 1. The van der Waals surface area contributed by atoms with Crippen LogP contribution in [0.3, 0.4) is 0 Å². The molecule has 4 rings (SSSR count). The van der Waals surface area contributed by atoms with E-state index in [0.29, 0.717) is 48.2 Å². The van der Waals surface area contributed by atoms with Crippen molar-refractivity contribution in [3.63, 3.8) is 0 Å². The second kappa shape index (κ2) is 8.10. The van der Waals surface area contributed by atoms with Crippen LogP contribution in [0.15, 0.2) is 48.0 Å². The summed E-state index contributed by atoms with van der Waals surface area (Å²) in [5.41, 5.74) is 1.10. The van der Waals surface area contributed by atoms with Crippen LogP contribution in [0.5, 0.6) is 17.2 Å². The van der Waals surface area contributed by atoms with Gasteiger partial charge >= 0.3 is 0 Å². The molecule has 156 valence electrons. The van der Waals surface area contributed by atoms with Crippen LogP contribution in [0.1, 0.15) is 30.5 Å². The zero-order valence-corrected chi connectivity index (χ0v) is 16.9. The van der Waals surface area contributed by atoms with Gasteiger partial charge in [-0.15, -0.1) is 0 Å². The zero-order chi connectivity index (χ0) is 21.3. The minimum Gasteiger partial charge on any atom is -0.507 e. The number of hydrogen-bond donors (Lipinski definition) is 1. The summed E-state index contributed by atoms with van der Waals surface area (Å²) in [6.07, 6.45) is 0.862. The van der Waals surface area contributed by atoms with E-state index in [1.807, 2.05) is 19.1 Å². The third-order valence-corrected chi connectivity index (χ3v) is 5.14. The zero-order valence-electron chi connectivity index (χ0n) is 16.9. The molecule has 0 spiro atoms. The van der Waals surface area contributed by atoms with Gasteiger partial charge in [-0.1, -0.05) is 19.1 Å². The van der Waals surface area contributed by atoms with Crippen molar-refractivity contribution in [1.29, 1.82) is 0 Å². The lowest BCUT2D eigenvalue weighted by atomic mass is 9.95. The Bertz CT molecular complexity index is 1030. The van der Waals surface area contributed by atoms with Crippen LogP contribution in [0.25, 0.3) is 5.76 Å². The van der Waals surface area contributed by atoms with E-state index < -0.39 is 17.7 Å². The Morgan fingerprint density at radius 2 is 1.90 bits per heavy atom. The lowest BCUT2D eigenvalue weighted by Gasteiger charge is -2.22. The van der Waals surface area contributed by atoms with Gasteiger partial charge in [-0.05, 0) is 42.3 Å². The first-order chi connectivity index (χ1) is 14.5. The van der Waals surface area contributed by atoms with E-state index in [1.54, 1.807) is 37.4 Å². The summed E-state index contributed by atoms with van der Waals surface area (Å²) in [6.45, 7) is 3.43. The fraction of sp³-hybridized carbons (Fsp3) is 0.304. The highest BCUT2D eigenvalue weighted by Crippen LogP contribution is 2.40. The number of benzene rings is 2. The molecular weight excluding hydrogens is 386 g/mol. The Morgan fingerprint density at radius 3 is 2.67 bits per heavy atom. The average Bonchev–Trinajstić information content (AvgIpc) is 3.01. The monoisotopic (exact) mass is 409 g/mol. The Balaban J connectivity index is 1.78. The van der Waals surface area contributed by atoms with E-state index >= 15 is 0 Å². The van der Waals surface area contributed by atoms with Gasteiger partial charge in [0.15, 0.2) is 11.5 Å². The molecule has 2 aromatic rings. The second-order valence-electron chi connectivity index (χ2n) is 7.19. The normalized spacial score (nSPS) is 19.8. The summed E-state index contributed by atoms with van der Waals surface area (Å²) in [7, 11) is 1.55. The van der Waals surface area contributed by atoms with Gasteiger partial charge in [0.2, 0.25) is 0 Å². The number of carbonyl (C=O) groups is 2. The summed E-state index contributed by atoms with van der Waals surface area (Å²) in [4.78, 5) is 26.6. The molecule has 7 nitrogen and oxygen atoms in total. The first kappa shape index (κ1) is 19.8. The van der Waals surface area contributed by atoms with Gasteiger partial charge < -0.3 is 24.2 Å². The number of likely N-dealkylation sites (tertiary alicyclic amines) is 1. The largest absolute Gasteiger partial charge is 0.507 e. The van der Waals surface area contributed by atoms with E-state index in [1.165, 1.54) is 4.90 Å². The van der Waals surface area contributed by atoms with Crippen molar-refractivity contribution >= 4 is 17.4 Å². The maximum Gasteiger partial charge on any atom is 0.295 e. The third kappa shape index (κ3) is 3.47. The van der Waals surface area contributed by atoms with Crippen molar-refractivity contribution in [2.45, 2.75) is 19.4 Å². The highest BCUT2D eigenvalue weighted by molar-refractivity contribution is 6.46. The first-order valence-corrected chi connectivity index (χ1v) is 9.88. The molecule has 0 aromatic heterocycles. The lowest BCUT2D eigenvalue weighted by molar-refractivity contribution is -0.139. The first-order valence-electron chi connectivity index (χ1n) is 9.88. The summed E-state index contributed by atoms with van der Waals surface area (Å²) in [5.74, 6) is 0.0645. The predicted molar refractivity (Wildman–Crippen MR) is 110 cm³/mol. The molecule has 1 unspecified atom stereocenters. The maximum atomic E-state index is 12.8. The van der Waals surface area contributed by atoms with Crippen molar-refractivity contribution in [2.75, 3.05) is 26.9 Å². The number of aliphatic hydroxyl groups is 1. The van der Waals surface area contributed by atoms with Gasteiger partial charge in [0, 0.05) is 12.6 Å². The summed E-state index contributed by atoms with van der Waals surface area (Å²) >= 11 is 0. The molecule has 30 heavy (non-hydrogen) atoms. The summed E-state index contributed by atoms with van der Waals surface area (Å²) in [5, 5.41) is 11.0. The third-order valence-electron chi connectivity index (χ3n) is 5.14. The molecule has 1 N–H and O–H groups in total. The molecule has 2 aliphatic rings. The Labute approximate surface area is 174 Å². The van der Waals surface area contributed by atoms with E-state index in [-0.39, 0.29) is 11.3 Å². The number of ketones is 1. The molecule has 0 aliphatic carbocycles. The number of hydrogen-bond acceptors (Lipinski definition) is 6. The molecule has 0 saturated carbocycles. The van der Waals surface area contributed by atoms with Crippen molar-refractivity contribution in [1.82, 2.24) is 4.90 Å². The quantitative estimate of drug-likeness (QED) is 0.463. The molecular formula is C23H23NO6. The molecule has 1 fully saturated rings. The van der Waals surface area contributed by atoms with Crippen LogP contribution in [0.2, 0.25) is 0 Å². The molecule has 2 aliphatic heterocycles. The number of rotatable bonds is 5. The second-order valence-corrected chi connectivity index (χ2v) is 7.19. The topological polar surface area (TPSA) is 85.3 Å². The molecule has 1 atom stereocenters. The minimum absolute atomic E-state index is 0.0341. The van der Waals surface area contributed by atoms with E-state index in [2.05, 4.69) is 0 Å². The fourth-order valence-corrected chi connectivity index (χ4v) is 3.68. The van der Waals surface area contributed by atoms with Crippen LogP contribution in [-0.2, 0) is 9.59 Å². The number of amides is 1. The van der Waals surface area contributed by atoms with Gasteiger partial charge in [0.25, 0.3) is 11.7 Å². The molecule has 1 amide bonds. The van der Waals surface area contributed by atoms with Gasteiger partial charge in [0.1, 0.15) is 24.7 Å². The standard InChI is InChI=1S/C23H23NO6/c1-3-9-28-16-6-4-5-14(12-16)20-19(22(26)23(27)24(20)2)21(25)15-7-8-17-18(13-15)30-11-10-29-17/h4-8,12-13,20,25H,3,9-11H2,1-2H3/b21-19+. The van der Waals surface area contributed by atoms with Crippen LogP contribution in [-0.4, -0.2) is 48.6 Å². The summed E-state index contributed by atoms with van der Waals surface area (Å²) in [6, 6.07) is 11.4. The molecule has 2 heterocycles. The predicted octanol–water partition coefficient (Wildman–Crippen LogP) is 3.30. The van der Waals surface area contributed by atoms with Crippen molar-refractivity contribution in [3.8, 4) is 17.2 Å². The van der Waals surface area contributed by atoms with Crippen LogP contribution < -0.4 is 14.2 Å².